The molecule has 4 nitrogen and oxygen atoms in total. The summed E-state index contributed by atoms with van der Waals surface area (Å²) in [6.07, 6.45) is 6.46. The van der Waals surface area contributed by atoms with Gasteiger partial charge in [0.25, 0.3) is 0 Å². The lowest BCUT2D eigenvalue weighted by Gasteiger charge is -2.34. The van der Waals surface area contributed by atoms with Crippen molar-refractivity contribution >= 4 is 0 Å². The molecule has 2 saturated carbocycles. The minimum absolute atomic E-state index is 0.501. The van der Waals surface area contributed by atoms with Gasteiger partial charge in [0.1, 0.15) is 5.82 Å². The van der Waals surface area contributed by atoms with Crippen molar-refractivity contribution in [3.63, 3.8) is 0 Å². The molecule has 0 spiro atoms. The molecule has 3 rings (SSSR count). The second-order valence-electron chi connectivity index (χ2n) is 5.03. The van der Waals surface area contributed by atoms with Gasteiger partial charge in [-0.25, -0.2) is 4.98 Å². The van der Waals surface area contributed by atoms with Crippen LogP contribution in [0.3, 0.4) is 0 Å². The fourth-order valence-electron chi connectivity index (χ4n) is 2.41. The van der Waals surface area contributed by atoms with E-state index in [1.165, 1.54) is 25.7 Å². The molecule has 88 valence electrons. The zero-order valence-electron chi connectivity index (χ0n) is 9.78. The lowest BCUT2D eigenvalue weighted by Crippen LogP contribution is -2.32. The van der Waals surface area contributed by atoms with Crippen LogP contribution in [0.5, 0.6) is 0 Å². The van der Waals surface area contributed by atoms with Gasteiger partial charge in [0.15, 0.2) is 5.82 Å². The number of H-pyrrole nitrogens is 1. The molecule has 0 aliphatic heterocycles. The molecule has 1 heterocycles. The van der Waals surface area contributed by atoms with Crippen molar-refractivity contribution in [1.82, 2.24) is 15.2 Å². The van der Waals surface area contributed by atoms with E-state index in [2.05, 4.69) is 22.1 Å². The summed E-state index contributed by atoms with van der Waals surface area (Å²) in [4.78, 5) is 4.56. The largest absolute Gasteiger partial charge is 0.378 e. The van der Waals surface area contributed by atoms with Gasteiger partial charge in [0, 0.05) is 18.9 Å². The van der Waals surface area contributed by atoms with E-state index in [1.807, 2.05) is 0 Å². The third-order valence-electron chi connectivity index (χ3n) is 3.57. The number of aromatic nitrogens is 3. The monoisotopic (exact) mass is 221 g/mol. The van der Waals surface area contributed by atoms with Crippen LogP contribution in [0, 0.1) is 5.92 Å². The number of hydrogen-bond acceptors (Lipinski definition) is 3. The predicted octanol–water partition coefficient (Wildman–Crippen LogP) is 2.04. The predicted molar refractivity (Wildman–Crippen MR) is 60.2 cm³/mol. The van der Waals surface area contributed by atoms with Crippen molar-refractivity contribution in [1.29, 1.82) is 0 Å². The van der Waals surface area contributed by atoms with Crippen LogP contribution in [0.1, 0.15) is 50.2 Å². The smallest absolute Gasteiger partial charge is 0.153 e. The van der Waals surface area contributed by atoms with Crippen LogP contribution in [0.2, 0.25) is 0 Å². The van der Waals surface area contributed by atoms with Crippen molar-refractivity contribution in [3.05, 3.63) is 11.6 Å². The van der Waals surface area contributed by atoms with Gasteiger partial charge >= 0.3 is 0 Å². The van der Waals surface area contributed by atoms with Crippen molar-refractivity contribution in [3.8, 4) is 0 Å². The highest BCUT2D eigenvalue weighted by Gasteiger charge is 2.31. The molecule has 4 heteroatoms. The molecule has 0 bridgehead atoms. The van der Waals surface area contributed by atoms with Gasteiger partial charge in [-0.05, 0) is 38.5 Å². The molecule has 0 radical (unpaired) electrons. The van der Waals surface area contributed by atoms with Crippen LogP contribution in [0.15, 0.2) is 0 Å². The maximum absolute atomic E-state index is 5.55. The Hall–Kier alpha value is -0.900. The van der Waals surface area contributed by atoms with E-state index in [0.29, 0.717) is 12.0 Å². The zero-order valence-corrected chi connectivity index (χ0v) is 9.78. The Balaban J connectivity index is 1.47. The molecule has 0 saturated heterocycles. The molecule has 2 aliphatic carbocycles. The van der Waals surface area contributed by atoms with Crippen LogP contribution in [0.4, 0.5) is 0 Å². The Morgan fingerprint density at radius 1 is 1.38 bits per heavy atom. The number of aromatic amines is 1. The van der Waals surface area contributed by atoms with E-state index in [-0.39, 0.29) is 0 Å². The van der Waals surface area contributed by atoms with Gasteiger partial charge in [-0.3, -0.25) is 5.10 Å². The normalized spacial score (nSPS) is 29.1. The Bertz CT molecular complexity index is 353. The number of nitrogens with zero attached hydrogens (tertiary/aromatic N) is 2. The summed E-state index contributed by atoms with van der Waals surface area (Å²) in [5.41, 5.74) is 0. The molecule has 0 atom stereocenters. The molecule has 1 N–H and O–H groups in total. The summed E-state index contributed by atoms with van der Waals surface area (Å²) in [6, 6.07) is 0. The maximum atomic E-state index is 5.55. The molecular formula is C12H19N3O. The van der Waals surface area contributed by atoms with Gasteiger partial charge in [-0.2, -0.15) is 5.10 Å². The molecule has 1 aromatic rings. The fraction of sp³-hybridized carbons (Fsp3) is 0.833. The average Bonchev–Trinajstić information content (AvgIpc) is 2.97. The van der Waals surface area contributed by atoms with E-state index in [1.54, 1.807) is 0 Å². The summed E-state index contributed by atoms with van der Waals surface area (Å²) in [5.74, 6) is 3.51. The summed E-state index contributed by atoms with van der Waals surface area (Å²) < 4.78 is 5.55. The topological polar surface area (TPSA) is 50.8 Å². The second kappa shape index (κ2) is 4.17. The summed E-state index contributed by atoms with van der Waals surface area (Å²) >= 11 is 0. The van der Waals surface area contributed by atoms with E-state index in [0.717, 1.165) is 30.6 Å². The Kier molecular flexibility index (Phi) is 2.67. The van der Waals surface area contributed by atoms with Gasteiger partial charge in [0.2, 0.25) is 0 Å². The van der Waals surface area contributed by atoms with Gasteiger partial charge in [-0.1, -0.05) is 0 Å². The molecule has 0 amide bonds. The molecule has 0 unspecified atom stereocenters. The Labute approximate surface area is 95.8 Å². The average molecular weight is 221 g/mol. The van der Waals surface area contributed by atoms with Gasteiger partial charge < -0.3 is 4.74 Å². The maximum Gasteiger partial charge on any atom is 0.153 e. The van der Waals surface area contributed by atoms with E-state index in [9.17, 15) is 0 Å². The fourth-order valence-corrected chi connectivity index (χ4v) is 2.41. The highest BCUT2D eigenvalue weighted by atomic mass is 16.5. The van der Waals surface area contributed by atoms with Crippen molar-refractivity contribution in [2.24, 2.45) is 5.92 Å². The summed E-state index contributed by atoms with van der Waals surface area (Å²) in [7, 11) is 0. The molecule has 16 heavy (non-hydrogen) atoms. The quantitative estimate of drug-likeness (QED) is 0.827. The van der Waals surface area contributed by atoms with Crippen LogP contribution >= 0.6 is 0 Å². The van der Waals surface area contributed by atoms with Crippen LogP contribution < -0.4 is 0 Å². The molecule has 1 aromatic heterocycles. The first-order valence-electron chi connectivity index (χ1n) is 6.38. The lowest BCUT2D eigenvalue weighted by molar-refractivity contribution is -0.0245. The lowest BCUT2D eigenvalue weighted by atomic mass is 9.80. The minimum Gasteiger partial charge on any atom is -0.378 e. The SMILES string of the molecule is CCOC1CC(Cc2nc(C3CC3)n[nH]2)C1. The number of rotatable bonds is 5. The number of hydrogen-bond donors (Lipinski definition) is 1. The third-order valence-corrected chi connectivity index (χ3v) is 3.57. The molecular weight excluding hydrogens is 202 g/mol. The van der Waals surface area contributed by atoms with E-state index >= 15 is 0 Å². The second-order valence-corrected chi connectivity index (χ2v) is 5.03. The van der Waals surface area contributed by atoms with Gasteiger partial charge in [-0.15, -0.1) is 0 Å². The summed E-state index contributed by atoms with van der Waals surface area (Å²) in [5, 5.41) is 7.35. The molecule has 0 aromatic carbocycles. The summed E-state index contributed by atoms with van der Waals surface area (Å²) in [6.45, 7) is 2.90. The van der Waals surface area contributed by atoms with Crippen molar-refractivity contribution in [2.45, 2.75) is 51.0 Å². The van der Waals surface area contributed by atoms with Crippen LogP contribution in [-0.4, -0.2) is 27.9 Å². The standard InChI is InChI=1S/C12H19N3O/c1-2-16-10-5-8(6-10)7-11-13-12(15-14-11)9-3-4-9/h8-10H,2-7H2,1H3,(H,13,14,15). The third kappa shape index (κ3) is 2.12. The first kappa shape index (κ1) is 10.3. The van der Waals surface area contributed by atoms with Gasteiger partial charge in [0.05, 0.1) is 6.10 Å². The highest BCUT2D eigenvalue weighted by Crippen LogP contribution is 2.38. The minimum atomic E-state index is 0.501. The number of nitrogens with one attached hydrogen (secondary N) is 1. The van der Waals surface area contributed by atoms with Crippen LogP contribution in [0.25, 0.3) is 0 Å². The number of ether oxygens (including phenoxy) is 1. The van der Waals surface area contributed by atoms with Crippen molar-refractivity contribution < 1.29 is 4.74 Å². The first-order valence-corrected chi connectivity index (χ1v) is 6.38. The first-order chi connectivity index (χ1) is 7.85. The van der Waals surface area contributed by atoms with Crippen LogP contribution in [-0.2, 0) is 11.2 Å². The van der Waals surface area contributed by atoms with E-state index in [4.69, 9.17) is 4.74 Å². The van der Waals surface area contributed by atoms with E-state index < -0.39 is 0 Å². The Morgan fingerprint density at radius 3 is 2.88 bits per heavy atom. The molecule has 2 aliphatic rings. The highest BCUT2D eigenvalue weighted by molar-refractivity contribution is 5.05. The Morgan fingerprint density at radius 2 is 2.19 bits per heavy atom. The van der Waals surface area contributed by atoms with Crippen molar-refractivity contribution in [2.75, 3.05) is 6.61 Å². The zero-order chi connectivity index (χ0) is 11.0. The molecule has 2 fully saturated rings.